The van der Waals surface area contributed by atoms with Gasteiger partial charge in [0.05, 0.1) is 17.7 Å². The van der Waals surface area contributed by atoms with Gasteiger partial charge in [-0.3, -0.25) is 0 Å². The number of hydrogen-bond acceptors (Lipinski definition) is 3. The lowest BCUT2D eigenvalue weighted by molar-refractivity contribution is 0.168. The molecule has 1 aromatic rings. The lowest BCUT2D eigenvalue weighted by Crippen LogP contribution is -2.30. The molecule has 0 bridgehead atoms. The van der Waals surface area contributed by atoms with Crippen LogP contribution in [0.1, 0.15) is 5.56 Å². The molecule has 90 valence electrons. The monoisotopic (exact) mass is 307 g/mol. The molecule has 1 rings (SSSR count). The zero-order valence-corrected chi connectivity index (χ0v) is 11.1. The van der Waals surface area contributed by atoms with Crippen molar-refractivity contribution >= 4 is 27.5 Å². The Hall–Kier alpha value is -0.130. The van der Waals surface area contributed by atoms with Crippen LogP contribution in [0.2, 0.25) is 5.02 Å². The van der Waals surface area contributed by atoms with Crippen molar-refractivity contribution in [3.05, 3.63) is 33.3 Å². The first-order valence-electron chi connectivity index (χ1n) is 5.07. The van der Waals surface area contributed by atoms with Crippen molar-refractivity contribution < 1.29 is 10.2 Å². The maximum absolute atomic E-state index is 9.74. The second-order valence-corrected chi connectivity index (χ2v) is 4.70. The highest BCUT2D eigenvalue weighted by molar-refractivity contribution is 9.10. The second-order valence-electron chi connectivity index (χ2n) is 3.50. The molecule has 0 aliphatic carbocycles. The summed E-state index contributed by atoms with van der Waals surface area (Å²) in [7, 11) is 0. The average Bonchev–Trinajstić information content (AvgIpc) is 2.25. The van der Waals surface area contributed by atoms with Crippen molar-refractivity contribution in [3.63, 3.8) is 0 Å². The van der Waals surface area contributed by atoms with Gasteiger partial charge in [-0.25, -0.2) is 0 Å². The molecule has 0 amide bonds. The maximum Gasteiger partial charge on any atom is 0.0705 e. The van der Waals surface area contributed by atoms with Gasteiger partial charge in [0.2, 0.25) is 0 Å². The Bertz CT molecular complexity index is 336. The van der Waals surface area contributed by atoms with E-state index in [0.717, 1.165) is 10.0 Å². The van der Waals surface area contributed by atoms with Crippen LogP contribution in [-0.2, 0) is 6.42 Å². The van der Waals surface area contributed by atoms with Crippen LogP contribution in [0.25, 0.3) is 0 Å². The van der Waals surface area contributed by atoms with Gasteiger partial charge in [0.1, 0.15) is 0 Å². The van der Waals surface area contributed by atoms with E-state index in [1.807, 2.05) is 12.1 Å². The van der Waals surface area contributed by atoms with E-state index in [4.69, 9.17) is 16.7 Å². The smallest absolute Gasteiger partial charge is 0.0705 e. The number of benzene rings is 1. The van der Waals surface area contributed by atoms with E-state index in [0.29, 0.717) is 24.5 Å². The van der Waals surface area contributed by atoms with Crippen molar-refractivity contribution in [2.24, 2.45) is 0 Å². The highest BCUT2D eigenvalue weighted by atomic mass is 79.9. The Kier molecular flexibility index (Phi) is 6.31. The minimum atomic E-state index is -0.485. The predicted molar refractivity (Wildman–Crippen MR) is 68.8 cm³/mol. The molecule has 0 spiro atoms. The fourth-order valence-electron chi connectivity index (χ4n) is 1.38. The Morgan fingerprint density at radius 3 is 2.88 bits per heavy atom. The van der Waals surface area contributed by atoms with Gasteiger partial charge in [0, 0.05) is 24.0 Å². The molecule has 1 unspecified atom stereocenters. The Morgan fingerprint density at radius 2 is 2.19 bits per heavy atom. The first-order chi connectivity index (χ1) is 7.65. The number of aliphatic hydroxyl groups is 2. The van der Waals surface area contributed by atoms with Crippen LogP contribution in [0.5, 0.6) is 0 Å². The molecule has 5 heteroatoms. The summed E-state index contributed by atoms with van der Waals surface area (Å²) in [4.78, 5) is 0. The highest BCUT2D eigenvalue weighted by Crippen LogP contribution is 2.26. The van der Waals surface area contributed by atoms with Crippen molar-refractivity contribution in [1.82, 2.24) is 5.32 Å². The molecule has 1 atom stereocenters. The van der Waals surface area contributed by atoms with E-state index in [2.05, 4.69) is 21.2 Å². The molecule has 1 aromatic carbocycles. The third-order valence-corrected chi connectivity index (χ3v) is 3.64. The molecule has 3 N–H and O–H groups in total. The molecule has 0 aromatic heterocycles. The Labute approximate surface area is 109 Å². The molecular weight excluding hydrogens is 293 g/mol. The van der Waals surface area contributed by atoms with Gasteiger partial charge in [0.25, 0.3) is 0 Å². The zero-order valence-electron chi connectivity index (χ0n) is 8.79. The number of hydrogen-bond donors (Lipinski definition) is 3. The van der Waals surface area contributed by atoms with Crippen LogP contribution >= 0.6 is 27.5 Å². The van der Waals surface area contributed by atoms with Gasteiger partial charge in [-0.05, 0) is 27.6 Å². The fourth-order valence-corrected chi connectivity index (χ4v) is 2.00. The molecule has 0 fully saturated rings. The predicted octanol–water partition coefficient (Wildman–Crippen LogP) is 1.59. The summed E-state index contributed by atoms with van der Waals surface area (Å²) in [6.45, 7) is 1.03. The van der Waals surface area contributed by atoms with Crippen LogP contribution in [0, 0.1) is 0 Å². The van der Waals surface area contributed by atoms with E-state index in [1.165, 1.54) is 0 Å². The molecule has 0 saturated heterocycles. The SMILES string of the molecule is OCCNCC(O)Cc1cccc(Cl)c1Br. The second kappa shape index (κ2) is 7.25. The van der Waals surface area contributed by atoms with Crippen LogP contribution in [0.4, 0.5) is 0 Å². The summed E-state index contributed by atoms with van der Waals surface area (Å²) in [5.74, 6) is 0. The standard InChI is InChI=1S/C11H15BrClNO2/c12-11-8(2-1-3-10(11)13)6-9(16)7-14-4-5-15/h1-3,9,14-16H,4-7H2. The van der Waals surface area contributed by atoms with Gasteiger partial charge >= 0.3 is 0 Å². The van der Waals surface area contributed by atoms with Gasteiger partial charge in [-0.2, -0.15) is 0 Å². The quantitative estimate of drug-likeness (QED) is 0.700. The minimum absolute atomic E-state index is 0.0770. The lowest BCUT2D eigenvalue weighted by Gasteiger charge is -2.13. The number of aliphatic hydroxyl groups excluding tert-OH is 2. The molecule has 3 nitrogen and oxygen atoms in total. The minimum Gasteiger partial charge on any atom is -0.395 e. The molecule has 0 aliphatic heterocycles. The fraction of sp³-hybridized carbons (Fsp3) is 0.455. The van der Waals surface area contributed by atoms with Crippen LogP contribution < -0.4 is 5.32 Å². The molecule has 0 radical (unpaired) electrons. The summed E-state index contributed by atoms with van der Waals surface area (Å²) in [5.41, 5.74) is 0.978. The maximum atomic E-state index is 9.74. The van der Waals surface area contributed by atoms with E-state index in [1.54, 1.807) is 6.07 Å². The van der Waals surface area contributed by atoms with Gasteiger partial charge in [0.15, 0.2) is 0 Å². The first kappa shape index (κ1) is 13.9. The van der Waals surface area contributed by atoms with E-state index < -0.39 is 6.10 Å². The number of nitrogens with one attached hydrogen (secondary N) is 1. The summed E-state index contributed by atoms with van der Waals surface area (Å²) in [6, 6.07) is 5.58. The summed E-state index contributed by atoms with van der Waals surface area (Å²) >= 11 is 9.33. The summed E-state index contributed by atoms with van der Waals surface area (Å²) < 4.78 is 0.831. The molecule has 0 saturated carbocycles. The van der Waals surface area contributed by atoms with Crippen LogP contribution in [0.15, 0.2) is 22.7 Å². The van der Waals surface area contributed by atoms with Crippen LogP contribution in [-0.4, -0.2) is 36.0 Å². The molecule has 0 heterocycles. The van der Waals surface area contributed by atoms with Crippen molar-refractivity contribution in [2.45, 2.75) is 12.5 Å². The van der Waals surface area contributed by atoms with E-state index in [9.17, 15) is 5.11 Å². The zero-order chi connectivity index (χ0) is 12.0. The largest absolute Gasteiger partial charge is 0.395 e. The van der Waals surface area contributed by atoms with E-state index >= 15 is 0 Å². The first-order valence-corrected chi connectivity index (χ1v) is 6.24. The Balaban J connectivity index is 2.49. The third-order valence-electron chi connectivity index (χ3n) is 2.16. The molecular formula is C11H15BrClNO2. The number of halogens is 2. The van der Waals surface area contributed by atoms with Crippen LogP contribution in [0.3, 0.4) is 0 Å². The van der Waals surface area contributed by atoms with Crippen molar-refractivity contribution in [3.8, 4) is 0 Å². The summed E-state index contributed by atoms with van der Waals surface area (Å²) in [6.07, 6.45) is 0.0425. The summed E-state index contributed by atoms with van der Waals surface area (Å²) in [5, 5.41) is 21.9. The topological polar surface area (TPSA) is 52.5 Å². The van der Waals surface area contributed by atoms with Crippen molar-refractivity contribution in [2.75, 3.05) is 19.7 Å². The van der Waals surface area contributed by atoms with Gasteiger partial charge < -0.3 is 15.5 Å². The average molecular weight is 309 g/mol. The van der Waals surface area contributed by atoms with Gasteiger partial charge in [-0.1, -0.05) is 23.7 Å². The molecule has 16 heavy (non-hydrogen) atoms. The lowest BCUT2D eigenvalue weighted by atomic mass is 10.1. The van der Waals surface area contributed by atoms with E-state index in [-0.39, 0.29) is 6.61 Å². The molecule has 0 aliphatic rings. The Morgan fingerprint density at radius 1 is 1.44 bits per heavy atom. The highest BCUT2D eigenvalue weighted by Gasteiger charge is 2.09. The normalized spacial score (nSPS) is 12.8. The van der Waals surface area contributed by atoms with Crippen molar-refractivity contribution in [1.29, 1.82) is 0 Å². The van der Waals surface area contributed by atoms with Gasteiger partial charge in [-0.15, -0.1) is 0 Å². The number of rotatable bonds is 6. The third kappa shape index (κ3) is 4.39.